The van der Waals surface area contributed by atoms with Crippen molar-refractivity contribution in [3.63, 3.8) is 0 Å². The summed E-state index contributed by atoms with van der Waals surface area (Å²) in [6.45, 7) is 1.55. The van der Waals surface area contributed by atoms with Crippen LogP contribution in [0.4, 0.5) is 10.5 Å². The Hall–Kier alpha value is -3.85. The van der Waals surface area contributed by atoms with Crippen molar-refractivity contribution in [2.24, 2.45) is 0 Å². The van der Waals surface area contributed by atoms with Crippen molar-refractivity contribution in [3.8, 4) is 5.75 Å². The second kappa shape index (κ2) is 9.77. The maximum Gasteiger partial charge on any atom is 0.339 e. The summed E-state index contributed by atoms with van der Waals surface area (Å²) in [6, 6.07) is 13.7. The maximum atomic E-state index is 12.2. The number of hydrogen-bond acceptors (Lipinski definition) is 6. The van der Waals surface area contributed by atoms with Crippen LogP contribution in [0, 0.1) is 0 Å². The normalized spacial score (nSPS) is 11.3. The summed E-state index contributed by atoms with van der Waals surface area (Å²) in [5, 5.41) is 4.37. The summed E-state index contributed by atoms with van der Waals surface area (Å²) < 4.78 is 10.2. The van der Waals surface area contributed by atoms with Crippen LogP contribution in [0.25, 0.3) is 10.8 Å². The molecule has 3 amide bonds. The number of urea groups is 1. The molecule has 1 aromatic heterocycles. The van der Waals surface area contributed by atoms with Crippen molar-refractivity contribution in [3.05, 3.63) is 65.4 Å². The Balaban J connectivity index is 1.54. The average Bonchev–Trinajstić information content (AvgIpc) is 2.78. The highest BCUT2D eigenvalue weighted by molar-refractivity contribution is 6.32. The van der Waals surface area contributed by atoms with E-state index in [-0.39, 0.29) is 16.4 Å². The highest BCUT2D eigenvalue weighted by atomic mass is 35.5. The van der Waals surface area contributed by atoms with Crippen LogP contribution < -0.4 is 20.9 Å². The average molecular weight is 443 g/mol. The maximum absolute atomic E-state index is 12.2. The summed E-state index contributed by atoms with van der Waals surface area (Å²) in [7, 11) is 1.22. The topological polar surface area (TPSA) is 119 Å². The molecule has 3 rings (SSSR count). The van der Waals surface area contributed by atoms with Gasteiger partial charge in [-0.25, -0.2) is 20.0 Å². The molecule has 31 heavy (non-hydrogen) atoms. The zero-order valence-electron chi connectivity index (χ0n) is 16.6. The molecule has 3 N–H and O–H groups in total. The Kier molecular flexibility index (Phi) is 6.88. The molecule has 0 radical (unpaired) electrons. The number of fused-ring (bicyclic) bond motifs is 1. The summed E-state index contributed by atoms with van der Waals surface area (Å²) >= 11 is 5.92. The van der Waals surface area contributed by atoms with E-state index in [2.05, 4.69) is 25.9 Å². The third-order valence-corrected chi connectivity index (χ3v) is 4.51. The van der Waals surface area contributed by atoms with Gasteiger partial charge < -0.3 is 14.8 Å². The predicted octanol–water partition coefficient (Wildman–Crippen LogP) is 3.30. The lowest BCUT2D eigenvalue weighted by Crippen LogP contribution is -2.48. The van der Waals surface area contributed by atoms with Crippen molar-refractivity contribution in [2.45, 2.75) is 13.0 Å². The van der Waals surface area contributed by atoms with Gasteiger partial charge in [-0.1, -0.05) is 41.9 Å². The molecule has 10 heteroatoms. The van der Waals surface area contributed by atoms with Gasteiger partial charge >= 0.3 is 12.0 Å². The lowest BCUT2D eigenvalue weighted by molar-refractivity contribution is -0.127. The highest BCUT2D eigenvalue weighted by Gasteiger charge is 2.17. The minimum absolute atomic E-state index is 0.0397. The first-order valence-electron chi connectivity index (χ1n) is 9.13. The van der Waals surface area contributed by atoms with Gasteiger partial charge in [-0.3, -0.25) is 10.2 Å². The van der Waals surface area contributed by atoms with E-state index in [9.17, 15) is 14.4 Å². The molecule has 0 aliphatic heterocycles. The molecule has 1 atom stereocenters. The molecule has 9 nitrogen and oxygen atoms in total. The predicted molar refractivity (Wildman–Crippen MR) is 115 cm³/mol. The Bertz CT molecular complexity index is 1140. The number of nitrogens with one attached hydrogen (secondary N) is 3. The van der Waals surface area contributed by atoms with E-state index >= 15 is 0 Å². The number of anilines is 1. The molecule has 2 aromatic carbocycles. The number of pyridine rings is 1. The number of halogens is 1. The number of carbonyl (C=O) groups excluding carboxylic acids is 3. The standard InChI is InChI=1S/C21H19ClN4O5/c1-12(31-16-8-7-13-5-3-4-6-14(13)9-16)19(27)25-26-21(29)24-17-10-15(20(28)30-2)11-23-18(17)22/h3-12H,1-2H3,(H,25,27)(H2,24,26,29). The van der Waals surface area contributed by atoms with E-state index in [0.717, 1.165) is 10.8 Å². The first kappa shape index (κ1) is 21.8. The molecule has 1 unspecified atom stereocenters. The molecule has 3 aromatic rings. The largest absolute Gasteiger partial charge is 0.481 e. The van der Waals surface area contributed by atoms with E-state index < -0.39 is 24.0 Å². The van der Waals surface area contributed by atoms with Gasteiger partial charge in [-0.2, -0.15) is 0 Å². The zero-order valence-corrected chi connectivity index (χ0v) is 17.4. The first-order chi connectivity index (χ1) is 14.9. The van der Waals surface area contributed by atoms with Gasteiger partial charge in [-0.15, -0.1) is 0 Å². The van der Waals surface area contributed by atoms with Crippen molar-refractivity contribution in [2.75, 3.05) is 12.4 Å². The zero-order chi connectivity index (χ0) is 22.4. The molecular weight excluding hydrogens is 424 g/mol. The molecule has 1 heterocycles. The molecule has 0 fully saturated rings. The van der Waals surface area contributed by atoms with Crippen molar-refractivity contribution in [1.29, 1.82) is 0 Å². The molecule has 0 spiro atoms. The fourth-order valence-electron chi connectivity index (χ4n) is 2.64. The van der Waals surface area contributed by atoms with E-state index in [4.69, 9.17) is 16.3 Å². The lowest BCUT2D eigenvalue weighted by Gasteiger charge is -2.16. The molecule has 0 bridgehead atoms. The Morgan fingerprint density at radius 3 is 2.52 bits per heavy atom. The number of ether oxygens (including phenoxy) is 2. The van der Waals surface area contributed by atoms with Crippen LogP contribution in [0.1, 0.15) is 17.3 Å². The van der Waals surface area contributed by atoms with Crippen molar-refractivity contribution < 1.29 is 23.9 Å². The number of rotatable bonds is 5. The number of benzene rings is 2. The van der Waals surface area contributed by atoms with Gasteiger partial charge in [0.2, 0.25) is 0 Å². The number of hydrogen-bond donors (Lipinski definition) is 3. The number of carbonyl (C=O) groups is 3. The number of esters is 1. The third-order valence-electron chi connectivity index (χ3n) is 4.21. The van der Waals surface area contributed by atoms with E-state index in [1.165, 1.54) is 19.4 Å². The van der Waals surface area contributed by atoms with Crippen LogP contribution in [0.2, 0.25) is 5.15 Å². The molecule has 0 aliphatic carbocycles. The summed E-state index contributed by atoms with van der Waals surface area (Å²) in [5.74, 6) is -0.695. The van der Waals surface area contributed by atoms with Gasteiger partial charge in [0.15, 0.2) is 11.3 Å². The van der Waals surface area contributed by atoms with Gasteiger partial charge in [-0.05, 0) is 35.9 Å². The highest BCUT2D eigenvalue weighted by Crippen LogP contribution is 2.22. The summed E-state index contributed by atoms with van der Waals surface area (Å²) in [5.41, 5.74) is 4.60. The Labute approximate surface area is 182 Å². The van der Waals surface area contributed by atoms with Gasteiger partial charge in [0.1, 0.15) is 5.75 Å². The van der Waals surface area contributed by atoms with Crippen LogP contribution in [0.5, 0.6) is 5.75 Å². The minimum atomic E-state index is -0.880. The van der Waals surface area contributed by atoms with Crippen LogP contribution >= 0.6 is 11.6 Å². The number of methoxy groups -OCH3 is 1. The van der Waals surface area contributed by atoms with E-state index in [0.29, 0.717) is 5.75 Å². The summed E-state index contributed by atoms with van der Waals surface area (Å²) in [4.78, 5) is 39.7. The van der Waals surface area contributed by atoms with Crippen LogP contribution in [0.3, 0.4) is 0 Å². The van der Waals surface area contributed by atoms with Crippen LogP contribution in [0.15, 0.2) is 54.7 Å². The van der Waals surface area contributed by atoms with E-state index in [1.807, 2.05) is 36.4 Å². The van der Waals surface area contributed by atoms with Crippen molar-refractivity contribution >= 4 is 46.0 Å². The van der Waals surface area contributed by atoms with Crippen LogP contribution in [-0.4, -0.2) is 36.1 Å². The lowest BCUT2D eigenvalue weighted by atomic mass is 10.1. The Morgan fingerprint density at radius 2 is 1.77 bits per heavy atom. The summed E-state index contributed by atoms with van der Waals surface area (Å²) in [6.07, 6.45) is 0.333. The second-order valence-corrected chi connectivity index (χ2v) is 6.75. The van der Waals surface area contributed by atoms with Crippen LogP contribution in [-0.2, 0) is 9.53 Å². The molecule has 0 aliphatic rings. The minimum Gasteiger partial charge on any atom is -0.481 e. The SMILES string of the molecule is COC(=O)c1cnc(Cl)c(NC(=O)NNC(=O)C(C)Oc2ccc3ccccc3c2)c1. The number of hydrazine groups is 1. The fraction of sp³-hybridized carbons (Fsp3) is 0.143. The molecule has 0 saturated carbocycles. The second-order valence-electron chi connectivity index (χ2n) is 6.39. The quantitative estimate of drug-likeness (QED) is 0.317. The Morgan fingerprint density at radius 1 is 1.03 bits per heavy atom. The van der Waals surface area contributed by atoms with Gasteiger partial charge in [0.25, 0.3) is 5.91 Å². The first-order valence-corrected chi connectivity index (χ1v) is 9.51. The molecule has 0 saturated heterocycles. The van der Waals surface area contributed by atoms with Gasteiger partial charge in [0.05, 0.1) is 18.4 Å². The number of nitrogens with zero attached hydrogens (tertiary/aromatic N) is 1. The molecular formula is C21H19ClN4O5. The smallest absolute Gasteiger partial charge is 0.339 e. The van der Waals surface area contributed by atoms with Crippen molar-refractivity contribution in [1.82, 2.24) is 15.8 Å². The molecule has 160 valence electrons. The number of aromatic nitrogens is 1. The third kappa shape index (κ3) is 5.61. The monoisotopic (exact) mass is 442 g/mol. The van der Waals surface area contributed by atoms with E-state index in [1.54, 1.807) is 13.0 Å². The fourth-order valence-corrected chi connectivity index (χ4v) is 2.79. The number of amides is 3. The van der Waals surface area contributed by atoms with Gasteiger partial charge in [0, 0.05) is 6.20 Å².